The van der Waals surface area contributed by atoms with Crippen LogP contribution in [0.1, 0.15) is 40.0 Å². The first kappa shape index (κ1) is 14.3. The highest BCUT2D eigenvalue weighted by Gasteiger charge is 2.26. The van der Waals surface area contributed by atoms with Crippen molar-refractivity contribution in [3.05, 3.63) is 5.89 Å². The molecule has 1 fully saturated rings. The maximum Gasteiger partial charge on any atom is 0.318 e. The first-order chi connectivity index (χ1) is 8.99. The second-order valence-corrected chi connectivity index (χ2v) is 5.91. The number of aromatic nitrogens is 2. The summed E-state index contributed by atoms with van der Waals surface area (Å²) >= 11 is 0. The van der Waals surface area contributed by atoms with Gasteiger partial charge in [-0.05, 0) is 27.2 Å². The lowest BCUT2D eigenvalue weighted by Gasteiger charge is -2.33. The molecule has 1 aliphatic rings. The minimum atomic E-state index is 0.0412. The van der Waals surface area contributed by atoms with Crippen LogP contribution in [0.25, 0.3) is 0 Å². The highest BCUT2D eigenvalue weighted by atomic mass is 16.5. The molecule has 1 N–H and O–H groups in total. The molecule has 1 atom stereocenters. The molecule has 1 unspecified atom stereocenters. The first-order valence-electron chi connectivity index (χ1n) is 6.91. The lowest BCUT2D eigenvalue weighted by molar-refractivity contribution is 0.0899. The number of nitrogens with zero attached hydrogens (tertiary/aromatic N) is 3. The largest absolute Gasteiger partial charge is 0.407 e. The Bertz CT molecular complexity index is 400. The second-order valence-electron chi connectivity index (χ2n) is 5.91. The van der Waals surface area contributed by atoms with Crippen molar-refractivity contribution in [2.75, 3.05) is 24.7 Å². The zero-order chi connectivity index (χ0) is 13.9. The van der Waals surface area contributed by atoms with Gasteiger partial charge in [0.05, 0.1) is 25.8 Å². The van der Waals surface area contributed by atoms with Gasteiger partial charge in [-0.3, -0.25) is 0 Å². The monoisotopic (exact) mass is 268 g/mol. The molecule has 0 radical (unpaired) electrons. The van der Waals surface area contributed by atoms with E-state index in [1.165, 1.54) is 0 Å². The SMILES string of the molecule is CCC1COCCN1c1nnc(CNC(C)(C)C)o1. The van der Waals surface area contributed by atoms with E-state index in [-0.39, 0.29) is 5.54 Å². The van der Waals surface area contributed by atoms with E-state index in [0.717, 1.165) is 19.6 Å². The van der Waals surface area contributed by atoms with Gasteiger partial charge in [0.1, 0.15) is 0 Å². The van der Waals surface area contributed by atoms with Crippen LogP contribution in [0.15, 0.2) is 4.42 Å². The quantitative estimate of drug-likeness (QED) is 0.894. The summed E-state index contributed by atoms with van der Waals surface area (Å²) in [6.45, 7) is 11.3. The van der Waals surface area contributed by atoms with E-state index >= 15 is 0 Å². The van der Waals surface area contributed by atoms with E-state index in [1.54, 1.807) is 0 Å². The molecule has 0 aromatic carbocycles. The van der Waals surface area contributed by atoms with Gasteiger partial charge in [0.15, 0.2) is 0 Å². The fourth-order valence-corrected chi connectivity index (χ4v) is 2.02. The molecule has 1 saturated heterocycles. The third-order valence-electron chi connectivity index (χ3n) is 3.17. The lowest BCUT2D eigenvalue weighted by Crippen LogP contribution is -2.45. The van der Waals surface area contributed by atoms with Crippen molar-refractivity contribution in [3.8, 4) is 0 Å². The minimum Gasteiger partial charge on any atom is -0.407 e. The Morgan fingerprint density at radius 2 is 2.16 bits per heavy atom. The summed E-state index contributed by atoms with van der Waals surface area (Å²) < 4.78 is 11.2. The predicted octanol–water partition coefficient (Wildman–Crippen LogP) is 1.57. The average Bonchev–Trinajstić information content (AvgIpc) is 2.84. The summed E-state index contributed by atoms with van der Waals surface area (Å²) in [5.74, 6) is 0.631. The summed E-state index contributed by atoms with van der Waals surface area (Å²) in [7, 11) is 0. The van der Waals surface area contributed by atoms with E-state index in [1.807, 2.05) is 0 Å². The molecule has 6 heteroatoms. The Kier molecular flexibility index (Phi) is 4.42. The molecular formula is C13H24N4O2. The fourth-order valence-electron chi connectivity index (χ4n) is 2.02. The highest BCUT2D eigenvalue weighted by Crippen LogP contribution is 2.20. The Hall–Kier alpha value is -1.14. The van der Waals surface area contributed by atoms with Crippen LogP contribution in [-0.4, -0.2) is 41.5 Å². The zero-order valence-electron chi connectivity index (χ0n) is 12.3. The van der Waals surface area contributed by atoms with Crippen LogP contribution in [0, 0.1) is 0 Å². The molecule has 0 amide bonds. The molecule has 0 saturated carbocycles. The molecule has 6 nitrogen and oxygen atoms in total. The Balaban J connectivity index is 1.99. The van der Waals surface area contributed by atoms with E-state index in [2.05, 4.69) is 48.1 Å². The van der Waals surface area contributed by atoms with Crippen LogP contribution in [-0.2, 0) is 11.3 Å². The van der Waals surface area contributed by atoms with Gasteiger partial charge in [0.25, 0.3) is 0 Å². The summed E-state index contributed by atoms with van der Waals surface area (Å²) in [5.41, 5.74) is 0.0412. The molecule has 2 heterocycles. The maximum atomic E-state index is 5.74. The number of nitrogens with one attached hydrogen (secondary N) is 1. The number of ether oxygens (including phenoxy) is 1. The topological polar surface area (TPSA) is 63.4 Å². The average molecular weight is 268 g/mol. The maximum absolute atomic E-state index is 5.74. The normalized spacial score (nSPS) is 20.8. The summed E-state index contributed by atoms with van der Waals surface area (Å²) in [5, 5.41) is 11.6. The Labute approximate surface area is 114 Å². The van der Waals surface area contributed by atoms with Gasteiger partial charge >= 0.3 is 6.01 Å². The molecule has 1 aromatic heterocycles. The van der Waals surface area contributed by atoms with Crippen LogP contribution in [0.4, 0.5) is 6.01 Å². The minimum absolute atomic E-state index is 0.0412. The predicted molar refractivity (Wildman–Crippen MR) is 73.1 cm³/mol. The van der Waals surface area contributed by atoms with Crippen LogP contribution < -0.4 is 10.2 Å². The van der Waals surface area contributed by atoms with Crippen molar-refractivity contribution in [2.24, 2.45) is 0 Å². The van der Waals surface area contributed by atoms with Crippen molar-refractivity contribution in [3.63, 3.8) is 0 Å². The molecule has 2 rings (SSSR count). The number of hydrogen-bond donors (Lipinski definition) is 1. The lowest BCUT2D eigenvalue weighted by atomic mass is 10.1. The van der Waals surface area contributed by atoms with Gasteiger partial charge in [0, 0.05) is 12.1 Å². The molecule has 0 aliphatic carbocycles. The number of anilines is 1. The van der Waals surface area contributed by atoms with Crippen molar-refractivity contribution in [2.45, 2.75) is 52.2 Å². The summed E-state index contributed by atoms with van der Waals surface area (Å²) in [4.78, 5) is 2.15. The third kappa shape index (κ3) is 3.91. The molecular weight excluding hydrogens is 244 g/mol. The van der Waals surface area contributed by atoms with Gasteiger partial charge in [-0.1, -0.05) is 12.0 Å². The van der Waals surface area contributed by atoms with E-state index in [9.17, 15) is 0 Å². The summed E-state index contributed by atoms with van der Waals surface area (Å²) in [6.07, 6.45) is 1.01. The van der Waals surface area contributed by atoms with Crippen LogP contribution in [0.5, 0.6) is 0 Å². The zero-order valence-corrected chi connectivity index (χ0v) is 12.3. The van der Waals surface area contributed by atoms with Crippen molar-refractivity contribution < 1.29 is 9.15 Å². The van der Waals surface area contributed by atoms with Crippen molar-refractivity contribution >= 4 is 6.01 Å². The summed E-state index contributed by atoms with van der Waals surface area (Å²) in [6, 6.07) is 0.943. The molecule has 1 aromatic rings. The number of morpholine rings is 1. The van der Waals surface area contributed by atoms with Crippen LogP contribution in [0.3, 0.4) is 0 Å². The van der Waals surface area contributed by atoms with Gasteiger partial charge in [-0.2, -0.15) is 0 Å². The first-order valence-corrected chi connectivity index (χ1v) is 6.91. The van der Waals surface area contributed by atoms with Crippen molar-refractivity contribution in [1.82, 2.24) is 15.5 Å². The Morgan fingerprint density at radius 1 is 1.37 bits per heavy atom. The molecule has 0 bridgehead atoms. The van der Waals surface area contributed by atoms with Gasteiger partial charge in [-0.15, -0.1) is 5.10 Å². The van der Waals surface area contributed by atoms with E-state index < -0.39 is 0 Å². The van der Waals surface area contributed by atoms with Gasteiger partial charge in [-0.25, -0.2) is 0 Å². The Morgan fingerprint density at radius 3 is 2.84 bits per heavy atom. The number of hydrogen-bond acceptors (Lipinski definition) is 6. The smallest absolute Gasteiger partial charge is 0.318 e. The van der Waals surface area contributed by atoms with Gasteiger partial charge < -0.3 is 19.4 Å². The number of rotatable bonds is 4. The van der Waals surface area contributed by atoms with Crippen LogP contribution in [0.2, 0.25) is 0 Å². The fraction of sp³-hybridized carbons (Fsp3) is 0.846. The van der Waals surface area contributed by atoms with Crippen molar-refractivity contribution in [1.29, 1.82) is 0 Å². The van der Waals surface area contributed by atoms with E-state index in [0.29, 0.717) is 31.1 Å². The highest BCUT2D eigenvalue weighted by molar-refractivity contribution is 5.27. The van der Waals surface area contributed by atoms with E-state index in [4.69, 9.17) is 9.15 Å². The molecule has 0 spiro atoms. The second kappa shape index (κ2) is 5.88. The molecule has 19 heavy (non-hydrogen) atoms. The van der Waals surface area contributed by atoms with Gasteiger partial charge in [0.2, 0.25) is 5.89 Å². The molecule has 108 valence electrons. The third-order valence-corrected chi connectivity index (χ3v) is 3.17. The molecule has 1 aliphatic heterocycles. The standard InChI is InChI=1S/C13H24N4O2/c1-5-10-9-18-7-6-17(10)12-16-15-11(19-12)8-14-13(2,3)4/h10,14H,5-9H2,1-4H3. The van der Waals surface area contributed by atoms with Crippen LogP contribution >= 0.6 is 0 Å².